The monoisotopic (exact) mass is 339 g/mol. The van der Waals surface area contributed by atoms with Crippen molar-refractivity contribution >= 4 is 11.8 Å². The molecule has 1 saturated heterocycles. The number of unbranched alkanes of at least 4 members (excludes halogenated alkanes) is 1. The fraction of sp³-hybridized carbons (Fsp3) is 0.500. The van der Waals surface area contributed by atoms with Gasteiger partial charge in [-0.15, -0.1) is 0 Å². The van der Waals surface area contributed by atoms with Crippen molar-refractivity contribution in [3.05, 3.63) is 36.4 Å². The maximum absolute atomic E-state index is 4.88. The Kier molecular flexibility index (Phi) is 5.87. The molecule has 1 fully saturated rings. The first-order valence-electron chi connectivity index (χ1n) is 9.26. The minimum absolute atomic E-state index is 0.823. The molecule has 1 aromatic carbocycles. The molecule has 0 amide bonds. The van der Waals surface area contributed by atoms with Gasteiger partial charge >= 0.3 is 0 Å². The molecular formula is C20H29N5. The molecule has 0 unspecified atom stereocenters. The molecule has 1 aliphatic rings. The highest BCUT2D eigenvalue weighted by Crippen LogP contribution is 2.25. The summed E-state index contributed by atoms with van der Waals surface area (Å²) in [5, 5.41) is 0. The van der Waals surface area contributed by atoms with Gasteiger partial charge in [0.1, 0.15) is 5.82 Å². The Labute approximate surface area is 151 Å². The molecule has 0 atom stereocenters. The summed E-state index contributed by atoms with van der Waals surface area (Å²) < 4.78 is 0. The van der Waals surface area contributed by atoms with E-state index in [0.717, 1.165) is 62.2 Å². The lowest BCUT2D eigenvalue weighted by Crippen LogP contribution is -2.45. The summed E-state index contributed by atoms with van der Waals surface area (Å²) in [6.45, 7) is 7.37. The summed E-state index contributed by atoms with van der Waals surface area (Å²) in [4.78, 5) is 16.6. The fourth-order valence-electron chi connectivity index (χ4n) is 3.04. The molecule has 3 rings (SSSR count). The second-order valence-electron chi connectivity index (χ2n) is 6.84. The van der Waals surface area contributed by atoms with Crippen molar-refractivity contribution in [2.24, 2.45) is 0 Å². The van der Waals surface area contributed by atoms with Gasteiger partial charge in [0.25, 0.3) is 0 Å². The number of piperazine rings is 1. The summed E-state index contributed by atoms with van der Waals surface area (Å²) in [7, 11) is 4.27. The number of aromatic nitrogens is 2. The van der Waals surface area contributed by atoms with Gasteiger partial charge in [0.05, 0.1) is 5.69 Å². The van der Waals surface area contributed by atoms with E-state index in [9.17, 15) is 0 Å². The van der Waals surface area contributed by atoms with Crippen molar-refractivity contribution in [3.8, 4) is 11.3 Å². The van der Waals surface area contributed by atoms with Crippen molar-refractivity contribution in [2.45, 2.75) is 19.8 Å². The normalized spacial score (nSPS) is 15.4. The number of hydrogen-bond donors (Lipinski definition) is 0. The molecule has 5 nitrogen and oxygen atoms in total. The highest BCUT2D eigenvalue weighted by Gasteiger charge is 2.18. The van der Waals surface area contributed by atoms with E-state index < -0.39 is 0 Å². The minimum atomic E-state index is 0.823. The summed E-state index contributed by atoms with van der Waals surface area (Å²) in [6.07, 6.45) is 2.33. The van der Waals surface area contributed by atoms with E-state index in [0.29, 0.717) is 0 Å². The molecule has 134 valence electrons. The van der Waals surface area contributed by atoms with Gasteiger partial charge in [-0.05, 0) is 13.5 Å². The zero-order valence-corrected chi connectivity index (χ0v) is 15.6. The number of hydrogen-bond acceptors (Lipinski definition) is 5. The molecular weight excluding hydrogens is 310 g/mol. The van der Waals surface area contributed by atoms with Crippen molar-refractivity contribution in [2.75, 3.05) is 56.6 Å². The van der Waals surface area contributed by atoms with Crippen molar-refractivity contribution in [3.63, 3.8) is 0 Å². The van der Waals surface area contributed by atoms with Crippen LogP contribution < -0.4 is 9.80 Å². The lowest BCUT2D eigenvalue weighted by Gasteiger charge is -2.33. The van der Waals surface area contributed by atoms with Gasteiger partial charge < -0.3 is 14.7 Å². The third-order valence-electron chi connectivity index (χ3n) is 4.79. The first-order valence-corrected chi connectivity index (χ1v) is 9.26. The van der Waals surface area contributed by atoms with Crippen LogP contribution in [0.2, 0.25) is 0 Å². The molecule has 0 N–H and O–H groups in total. The molecule has 2 aromatic rings. The third kappa shape index (κ3) is 4.48. The van der Waals surface area contributed by atoms with Crippen LogP contribution >= 0.6 is 0 Å². The second-order valence-corrected chi connectivity index (χ2v) is 6.84. The van der Waals surface area contributed by atoms with E-state index in [1.807, 2.05) is 6.07 Å². The highest BCUT2D eigenvalue weighted by atomic mass is 15.3. The van der Waals surface area contributed by atoms with Gasteiger partial charge in [0, 0.05) is 51.4 Å². The Morgan fingerprint density at radius 3 is 2.44 bits per heavy atom. The Morgan fingerprint density at radius 1 is 1.04 bits per heavy atom. The molecule has 5 heteroatoms. The fourth-order valence-corrected chi connectivity index (χ4v) is 3.04. The second kappa shape index (κ2) is 8.30. The lowest BCUT2D eigenvalue weighted by atomic mass is 10.1. The van der Waals surface area contributed by atoms with Crippen LogP contribution in [-0.4, -0.2) is 61.7 Å². The standard InChI is InChI=1S/C20H29N5/c1-4-5-11-24(3)20-21-18(17-9-7-6-8-10-17)16-19(22-20)25-14-12-23(2)13-15-25/h6-10,16H,4-5,11-15H2,1-3H3. The molecule has 2 heterocycles. The van der Waals surface area contributed by atoms with Gasteiger partial charge in [-0.1, -0.05) is 43.7 Å². The van der Waals surface area contributed by atoms with Crippen LogP contribution in [0.25, 0.3) is 11.3 Å². The van der Waals surface area contributed by atoms with Crippen molar-refractivity contribution < 1.29 is 0 Å². The molecule has 1 aromatic heterocycles. The van der Waals surface area contributed by atoms with Gasteiger partial charge in [0.15, 0.2) is 0 Å². The van der Waals surface area contributed by atoms with E-state index in [-0.39, 0.29) is 0 Å². The molecule has 0 saturated carbocycles. The summed E-state index contributed by atoms with van der Waals surface area (Å²) in [5.41, 5.74) is 2.15. The van der Waals surface area contributed by atoms with E-state index in [1.165, 1.54) is 6.42 Å². The quantitative estimate of drug-likeness (QED) is 0.808. The third-order valence-corrected chi connectivity index (χ3v) is 4.79. The van der Waals surface area contributed by atoms with Crippen molar-refractivity contribution in [1.82, 2.24) is 14.9 Å². The Balaban J connectivity index is 1.93. The zero-order valence-electron chi connectivity index (χ0n) is 15.6. The van der Waals surface area contributed by atoms with Crippen LogP contribution in [0.15, 0.2) is 36.4 Å². The Morgan fingerprint density at radius 2 is 1.76 bits per heavy atom. The van der Waals surface area contributed by atoms with Crippen LogP contribution in [0.1, 0.15) is 19.8 Å². The zero-order chi connectivity index (χ0) is 17.6. The topological polar surface area (TPSA) is 35.5 Å². The number of nitrogens with zero attached hydrogens (tertiary/aromatic N) is 5. The smallest absolute Gasteiger partial charge is 0.227 e. The highest BCUT2D eigenvalue weighted by molar-refractivity contribution is 5.65. The van der Waals surface area contributed by atoms with E-state index in [1.54, 1.807) is 0 Å². The average Bonchev–Trinajstić information content (AvgIpc) is 2.67. The molecule has 1 aliphatic heterocycles. The Hall–Kier alpha value is -2.14. The maximum Gasteiger partial charge on any atom is 0.227 e. The Bertz CT molecular complexity index is 665. The van der Waals surface area contributed by atoms with E-state index >= 15 is 0 Å². The maximum atomic E-state index is 4.88. The number of anilines is 2. The van der Waals surface area contributed by atoms with E-state index in [2.05, 4.69) is 66.1 Å². The first kappa shape index (κ1) is 17.7. The minimum Gasteiger partial charge on any atom is -0.354 e. The number of likely N-dealkylation sites (N-methyl/N-ethyl adjacent to an activating group) is 1. The van der Waals surface area contributed by atoms with Crippen LogP contribution in [0.3, 0.4) is 0 Å². The van der Waals surface area contributed by atoms with E-state index in [4.69, 9.17) is 9.97 Å². The number of benzene rings is 1. The molecule has 0 bridgehead atoms. The molecule has 0 radical (unpaired) electrons. The van der Waals surface area contributed by atoms with Crippen LogP contribution in [0.4, 0.5) is 11.8 Å². The largest absolute Gasteiger partial charge is 0.354 e. The molecule has 25 heavy (non-hydrogen) atoms. The lowest BCUT2D eigenvalue weighted by molar-refractivity contribution is 0.312. The predicted molar refractivity (Wildman–Crippen MR) is 105 cm³/mol. The first-order chi connectivity index (χ1) is 12.2. The number of rotatable bonds is 6. The van der Waals surface area contributed by atoms with Crippen molar-refractivity contribution in [1.29, 1.82) is 0 Å². The SMILES string of the molecule is CCCCN(C)c1nc(-c2ccccc2)cc(N2CCN(C)CC2)n1. The average molecular weight is 339 g/mol. The summed E-state index contributed by atoms with van der Waals surface area (Å²) in [5.74, 6) is 1.86. The van der Waals surface area contributed by atoms with Crippen LogP contribution in [0.5, 0.6) is 0 Å². The summed E-state index contributed by atoms with van der Waals surface area (Å²) >= 11 is 0. The van der Waals surface area contributed by atoms with Crippen LogP contribution in [-0.2, 0) is 0 Å². The van der Waals surface area contributed by atoms with Gasteiger partial charge in [0.2, 0.25) is 5.95 Å². The van der Waals surface area contributed by atoms with Gasteiger partial charge in [-0.25, -0.2) is 4.98 Å². The predicted octanol–water partition coefficient (Wildman–Crippen LogP) is 3.13. The summed E-state index contributed by atoms with van der Waals surface area (Å²) in [6, 6.07) is 12.5. The van der Waals surface area contributed by atoms with Gasteiger partial charge in [-0.2, -0.15) is 4.98 Å². The molecule has 0 aliphatic carbocycles. The van der Waals surface area contributed by atoms with Gasteiger partial charge in [-0.3, -0.25) is 0 Å². The molecule has 0 spiro atoms. The van der Waals surface area contributed by atoms with Crippen LogP contribution in [0, 0.1) is 0 Å².